The van der Waals surface area contributed by atoms with E-state index < -0.39 is 0 Å². The Labute approximate surface area is 164 Å². The van der Waals surface area contributed by atoms with Gasteiger partial charge in [-0.1, -0.05) is 35.9 Å². The van der Waals surface area contributed by atoms with Crippen LogP contribution in [0, 0.1) is 11.3 Å². The number of fused-ring (bicyclic) bond motifs is 2. The minimum Gasteiger partial charge on any atom is -0.331 e. The summed E-state index contributed by atoms with van der Waals surface area (Å²) in [5.74, 6) is -0.349. The fourth-order valence-electron chi connectivity index (χ4n) is 3.18. The molecule has 0 aliphatic rings. The first-order valence-electron chi connectivity index (χ1n) is 8.44. The number of benzene rings is 2. The van der Waals surface area contributed by atoms with Gasteiger partial charge in [-0.25, -0.2) is 4.98 Å². The second kappa shape index (κ2) is 7.14. The van der Waals surface area contributed by atoms with E-state index in [9.17, 15) is 9.59 Å². The van der Waals surface area contributed by atoms with Gasteiger partial charge in [0.15, 0.2) is 10.6 Å². The van der Waals surface area contributed by atoms with Crippen molar-refractivity contribution in [3.8, 4) is 6.07 Å². The number of carbonyl (C=O) groups is 1. The van der Waals surface area contributed by atoms with Gasteiger partial charge in [-0.05, 0) is 30.3 Å². The van der Waals surface area contributed by atoms with Gasteiger partial charge in [0.25, 0.3) is 0 Å². The minimum atomic E-state index is -0.349. The minimum absolute atomic E-state index is 0.0333. The van der Waals surface area contributed by atoms with Gasteiger partial charge in [-0.15, -0.1) is 0 Å². The molecule has 2 heterocycles. The van der Waals surface area contributed by atoms with E-state index in [1.807, 2.05) is 18.2 Å². The molecule has 1 N–H and O–H groups in total. The van der Waals surface area contributed by atoms with Crippen LogP contribution in [0.3, 0.4) is 0 Å². The molecule has 0 aliphatic heterocycles. The standard InChI is InChI=1S/C21H13ClN4O2/c22-21-16(9-13(10-23)11-24-21)25-19(27)12-26-17-7-3-1-5-14(17)20(28)15-6-2-4-8-18(15)26/h1-9,11H,12H2,(H,25,27). The van der Waals surface area contributed by atoms with Crippen molar-refractivity contribution in [2.75, 3.05) is 5.32 Å². The number of halogens is 1. The molecule has 4 rings (SSSR count). The van der Waals surface area contributed by atoms with Crippen LogP contribution < -0.4 is 10.7 Å². The summed E-state index contributed by atoms with van der Waals surface area (Å²) in [6.45, 7) is -0.0333. The van der Waals surface area contributed by atoms with E-state index in [-0.39, 0.29) is 28.7 Å². The number of anilines is 1. The highest BCUT2D eigenvalue weighted by atomic mass is 35.5. The van der Waals surface area contributed by atoms with Crippen molar-refractivity contribution in [3.05, 3.63) is 81.7 Å². The normalized spacial score (nSPS) is 10.7. The summed E-state index contributed by atoms with van der Waals surface area (Å²) in [7, 11) is 0. The van der Waals surface area contributed by atoms with Crippen molar-refractivity contribution < 1.29 is 4.79 Å². The average molecular weight is 389 g/mol. The van der Waals surface area contributed by atoms with Crippen LogP contribution in [0.25, 0.3) is 21.8 Å². The number of hydrogen-bond acceptors (Lipinski definition) is 4. The lowest BCUT2D eigenvalue weighted by Gasteiger charge is -2.15. The Balaban J connectivity index is 1.79. The van der Waals surface area contributed by atoms with Crippen LogP contribution in [0.1, 0.15) is 5.56 Å². The first kappa shape index (κ1) is 17.7. The lowest BCUT2D eigenvalue weighted by Crippen LogP contribution is -2.21. The monoisotopic (exact) mass is 388 g/mol. The molecule has 136 valence electrons. The van der Waals surface area contributed by atoms with Crippen molar-refractivity contribution in [1.29, 1.82) is 5.26 Å². The molecule has 6 nitrogen and oxygen atoms in total. The molecule has 0 saturated carbocycles. The number of pyridine rings is 2. The van der Waals surface area contributed by atoms with E-state index in [2.05, 4.69) is 10.3 Å². The van der Waals surface area contributed by atoms with Crippen LogP contribution in [0.15, 0.2) is 65.6 Å². The van der Waals surface area contributed by atoms with Gasteiger partial charge in [0.2, 0.25) is 5.91 Å². The smallest absolute Gasteiger partial charge is 0.244 e. The molecule has 0 unspecified atom stereocenters. The molecule has 4 aromatic rings. The number of hydrogen-bond donors (Lipinski definition) is 1. The Morgan fingerprint density at radius 1 is 1.11 bits per heavy atom. The van der Waals surface area contributed by atoms with E-state index in [1.165, 1.54) is 12.3 Å². The van der Waals surface area contributed by atoms with Crippen molar-refractivity contribution in [2.24, 2.45) is 0 Å². The Kier molecular flexibility index (Phi) is 4.52. The molecule has 7 heteroatoms. The SMILES string of the molecule is N#Cc1cnc(Cl)c(NC(=O)Cn2c3ccccc3c(=O)c3ccccc32)c1. The van der Waals surface area contributed by atoms with Gasteiger partial charge < -0.3 is 9.88 Å². The third-order valence-electron chi connectivity index (χ3n) is 4.42. The fraction of sp³-hybridized carbons (Fsp3) is 0.0476. The van der Waals surface area contributed by atoms with Crippen molar-refractivity contribution in [3.63, 3.8) is 0 Å². The first-order chi connectivity index (χ1) is 13.6. The lowest BCUT2D eigenvalue weighted by atomic mass is 10.1. The number of amides is 1. The predicted octanol–water partition coefficient (Wildman–Crippen LogP) is 3.71. The Hall–Kier alpha value is -3.69. The number of nitrogens with one attached hydrogen (secondary N) is 1. The van der Waals surface area contributed by atoms with Crippen LogP contribution in [-0.4, -0.2) is 15.5 Å². The summed E-state index contributed by atoms with van der Waals surface area (Å²) in [6.07, 6.45) is 1.33. The molecular formula is C21H13ClN4O2. The van der Waals surface area contributed by atoms with Gasteiger partial charge in [0.1, 0.15) is 12.6 Å². The maximum Gasteiger partial charge on any atom is 0.244 e. The Morgan fingerprint density at radius 2 is 1.71 bits per heavy atom. The van der Waals surface area contributed by atoms with Crippen LogP contribution in [0.5, 0.6) is 0 Å². The van der Waals surface area contributed by atoms with Crippen molar-refractivity contribution >= 4 is 45.0 Å². The second-order valence-corrected chi connectivity index (χ2v) is 6.53. The zero-order valence-electron chi connectivity index (χ0n) is 14.5. The molecular weight excluding hydrogens is 376 g/mol. The number of nitriles is 1. The summed E-state index contributed by atoms with van der Waals surface area (Å²) < 4.78 is 1.79. The Bertz CT molecular complexity index is 1280. The average Bonchev–Trinajstić information content (AvgIpc) is 2.72. The lowest BCUT2D eigenvalue weighted by molar-refractivity contribution is -0.116. The van der Waals surface area contributed by atoms with Gasteiger partial charge >= 0.3 is 0 Å². The van der Waals surface area contributed by atoms with Crippen molar-refractivity contribution in [1.82, 2.24) is 9.55 Å². The number of aromatic nitrogens is 2. The summed E-state index contributed by atoms with van der Waals surface area (Å²) in [6, 6.07) is 17.8. The fourth-order valence-corrected chi connectivity index (χ4v) is 3.33. The molecule has 0 aliphatic carbocycles. The second-order valence-electron chi connectivity index (χ2n) is 6.17. The molecule has 28 heavy (non-hydrogen) atoms. The molecule has 0 atom stereocenters. The summed E-state index contributed by atoms with van der Waals surface area (Å²) in [4.78, 5) is 29.4. The molecule has 2 aromatic carbocycles. The van der Waals surface area contributed by atoms with Crippen molar-refractivity contribution in [2.45, 2.75) is 6.54 Å². The molecule has 0 radical (unpaired) electrons. The van der Waals surface area contributed by atoms with E-state index in [0.29, 0.717) is 27.4 Å². The molecule has 0 saturated heterocycles. The van der Waals surface area contributed by atoms with Crippen LogP contribution in [0.4, 0.5) is 5.69 Å². The van der Waals surface area contributed by atoms with Crippen LogP contribution in [-0.2, 0) is 11.3 Å². The molecule has 0 fully saturated rings. The van der Waals surface area contributed by atoms with Crippen LogP contribution in [0.2, 0.25) is 5.15 Å². The number of nitrogens with zero attached hydrogens (tertiary/aromatic N) is 3. The molecule has 2 aromatic heterocycles. The molecule has 0 spiro atoms. The summed E-state index contributed by atoms with van der Waals surface area (Å²) >= 11 is 6.03. The number of carbonyl (C=O) groups excluding carboxylic acids is 1. The van der Waals surface area contributed by atoms with E-state index in [1.54, 1.807) is 41.0 Å². The molecule has 0 bridgehead atoms. The maximum atomic E-state index is 12.8. The predicted molar refractivity (Wildman–Crippen MR) is 108 cm³/mol. The van der Waals surface area contributed by atoms with E-state index in [4.69, 9.17) is 16.9 Å². The first-order valence-corrected chi connectivity index (χ1v) is 8.82. The van der Waals surface area contributed by atoms with Gasteiger partial charge in [-0.2, -0.15) is 5.26 Å². The van der Waals surface area contributed by atoms with Gasteiger partial charge in [0, 0.05) is 17.0 Å². The quantitative estimate of drug-likeness (QED) is 0.428. The topological polar surface area (TPSA) is 87.8 Å². The highest BCUT2D eigenvalue weighted by Gasteiger charge is 2.14. The third-order valence-corrected chi connectivity index (χ3v) is 4.72. The van der Waals surface area contributed by atoms with Gasteiger partial charge in [0.05, 0.1) is 22.3 Å². The number of rotatable bonds is 3. The zero-order valence-corrected chi connectivity index (χ0v) is 15.3. The van der Waals surface area contributed by atoms with Crippen LogP contribution >= 0.6 is 11.6 Å². The van der Waals surface area contributed by atoms with E-state index in [0.717, 1.165) is 0 Å². The molecule has 1 amide bonds. The number of para-hydroxylation sites is 2. The summed E-state index contributed by atoms with van der Waals surface area (Å²) in [5, 5.41) is 12.9. The largest absolute Gasteiger partial charge is 0.331 e. The highest BCUT2D eigenvalue weighted by molar-refractivity contribution is 6.32. The highest BCUT2D eigenvalue weighted by Crippen LogP contribution is 2.22. The van der Waals surface area contributed by atoms with E-state index >= 15 is 0 Å². The van der Waals surface area contributed by atoms with Gasteiger partial charge in [-0.3, -0.25) is 9.59 Å². The summed E-state index contributed by atoms with van der Waals surface area (Å²) in [5.41, 5.74) is 1.81. The maximum absolute atomic E-state index is 12.8. The Morgan fingerprint density at radius 3 is 2.32 bits per heavy atom. The third kappa shape index (κ3) is 3.08. The zero-order chi connectivity index (χ0) is 19.7.